The van der Waals surface area contributed by atoms with Crippen molar-refractivity contribution in [1.29, 1.82) is 0 Å². The molecule has 2 aromatic rings. The van der Waals surface area contributed by atoms with Crippen LogP contribution >= 0.6 is 11.3 Å². The number of nitrogens with one attached hydrogen (secondary N) is 1. The minimum Gasteiger partial charge on any atom is -0.342 e. The highest BCUT2D eigenvalue weighted by Crippen LogP contribution is 2.24. The first-order chi connectivity index (χ1) is 12.1. The molecule has 5 nitrogen and oxygen atoms in total. The van der Waals surface area contributed by atoms with E-state index in [0.717, 1.165) is 49.8 Å². The Labute approximate surface area is 152 Å². The quantitative estimate of drug-likeness (QED) is 0.917. The fourth-order valence-corrected chi connectivity index (χ4v) is 4.85. The molecule has 1 N–H and O–H groups in total. The summed E-state index contributed by atoms with van der Waals surface area (Å²) in [5.41, 5.74) is 3.24. The van der Waals surface area contributed by atoms with Gasteiger partial charge in [-0.3, -0.25) is 14.7 Å². The van der Waals surface area contributed by atoms with Gasteiger partial charge in [0.05, 0.1) is 11.3 Å². The minimum absolute atomic E-state index is 0.0471. The first kappa shape index (κ1) is 16.8. The van der Waals surface area contributed by atoms with Crippen LogP contribution in [-0.2, 0) is 19.5 Å². The van der Waals surface area contributed by atoms with Crippen LogP contribution in [0.5, 0.6) is 0 Å². The average molecular weight is 359 g/mol. The van der Waals surface area contributed by atoms with Gasteiger partial charge in [-0.1, -0.05) is 6.92 Å². The van der Waals surface area contributed by atoms with Crippen LogP contribution in [0.1, 0.15) is 41.5 Å². The van der Waals surface area contributed by atoms with Gasteiger partial charge < -0.3 is 4.90 Å². The monoisotopic (exact) mass is 358 g/mol. The van der Waals surface area contributed by atoms with E-state index in [-0.39, 0.29) is 5.56 Å². The number of aromatic amines is 1. The third kappa shape index (κ3) is 3.51. The van der Waals surface area contributed by atoms with Gasteiger partial charge in [-0.05, 0) is 42.7 Å². The van der Waals surface area contributed by atoms with E-state index in [9.17, 15) is 4.79 Å². The zero-order valence-electron chi connectivity index (χ0n) is 15.0. The fourth-order valence-electron chi connectivity index (χ4n) is 3.90. The summed E-state index contributed by atoms with van der Waals surface area (Å²) in [6.45, 7) is 9.01. The number of aryl methyl sites for hydroxylation is 1. The molecule has 0 spiro atoms. The maximum atomic E-state index is 12.7. The van der Waals surface area contributed by atoms with Gasteiger partial charge in [-0.2, -0.15) is 0 Å². The molecule has 0 aromatic carbocycles. The van der Waals surface area contributed by atoms with Crippen molar-refractivity contribution in [3.05, 3.63) is 43.5 Å². The third-order valence-corrected chi connectivity index (χ3v) is 6.43. The standard InChI is InChI=1S/C19H26N4OS/c1-13-4-3-7-23(10-13)19-20-16-5-8-22(11-15(16)18(24)21-19)12-17-14(2)6-9-25-17/h6,9,13H,3-5,7-8,10-12H2,1-2H3,(H,20,21,24)/t13-/m0/s1. The Kier molecular flexibility index (Phi) is 4.65. The number of nitrogens with zero attached hydrogens (tertiary/aromatic N) is 3. The summed E-state index contributed by atoms with van der Waals surface area (Å²) in [4.78, 5) is 26.6. The van der Waals surface area contributed by atoms with Gasteiger partial charge in [0.15, 0.2) is 0 Å². The first-order valence-corrected chi connectivity index (χ1v) is 10.1. The van der Waals surface area contributed by atoms with Gasteiger partial charge >= 0.3 is 0 Å². The van der Waals surface area contributed by atoms with Crippen molar-refractivity contribution < 1.29 is 0 Å². The van der Waals surface area contributed by atoms with E-state index in [0.29, 0.717) is 12.5 Å². The van der Waals surface area contributed by atoms with Crippen LogP contribution < -0.4 is 10.5 Å². The van der Waals surface area contributed by atoms with Crippen molar-refractivity contribution in [2.75, 3.05) is 24.5 Å². The number of piperidine rings is 1. The van der Waals surface area contributed by atoms with Crippen molar-refractivity contribution in [2.24, 2.45) is 5.92 Å². The molecule has 2 aliphatic rings. The third-order valence-electron chi connectivity index (χ3n) is 5.43. The Morgan fingerprint density at radius 2 is 2.28 bits per heavy atom. The van der Waals surface area contributed by atoms with Crippen LogP contribution in [-0.4, -0.2) is 34.5 Å². The Balaban J connectivity index is 1.53. The molecular weight excluding hydrogens is 332 g/mol. The molecule has 2 aliphatic heterocycles. The number of hydrogen-bond donors (Lipinski definition) is 1. The van der Waals surface area contributed by atoms with Gasteiger partial charge in [0.2, 0.25) is 5.95 Å². The summed E-state index contributed by atoms with van der Waals surface area (Å²) in [7, 11) is 0. The van der Waals surface area contributed by atoms with Crippen molar-refractivity contribution in [3.63, 3.8) is 0 Å². The van der Waals surface area contributed by atoms with E-state index in [1.807, 2.05) is 0 Å². The zero-order chi connectivity index (χ0) is 17.4. The molecule has 0 amide bonds. The van der Waals surface area contributed by atoms with E-state index in [1.54, 1.807) is 11.3 Å². The lowest BCUT2D eigenvalue weighted by Gasteiger charge is -2.33. The van der Waals surface area contributed by atoms with E-state index in [2.05, 4.69) is 40.1 Å². The second kappa shape index (κ2) is 6.92. The predicted octanol–water partition coefficient (Wildman–Crippen LogP) is 2.93. The van der Waals surface area contributed by atoms with Crippen LogP contribution in [0.4, 0.5) is 5.95 Å². The molecule has 1 fully saturated rings. The van der Waals surface area contributed by atoms with Gasteiger partial charge in [0.1, 0.15) is 0 Å². The van der Waals surface area contributed by atoms with Crippen LogP contribution in [0.25, 0.3) is 0 Å². The number of thiophene rings is 1. The van der Waals surface area contributed by atoms with Crippen molar-refractivity contribution in [1.82, 2.24) is 14.9 Å². The number of hydrogen-bond acceptors (Lipinski definition) is 5. The van der Waals surface area contributed by atoms with Crippen molar-refractivity contribution in [2.45, 2.75) is 46.2 Å². The summed E-state index contributed by atoms with van der Waals surface area (Å²) < 4.78 is 0. The van der Waals surface area contributed by atoms with Crippen LogP contribution in [0.15, 0.2) is 16.2 Å². The smallest absolute Gasteiger partial charge is 0.257 e. The Bertz CT molecular complexity index is 812. The second-order valence-electron chi connectivity index (χ2n) is 7.50. The van der Waals surface area contributed by atoms with E-state index in [4.69, 9.17) is 4.98 Å². The number of H-pyrrole nitrogens is 1. The maximum Gasteiger partial charge on any atom is 0.257 e. The molecule has 1 atom stereocenters. The van der Waals surface area contributed by atoms with Crippen molar-refractivity contribution in [3.8, 4) is 0 Å². The van der Waals surface area contributed by atoms with E-state index < -0.39 is 0 Å². The zero-order valence-corrected chi connectivity index (χ0v) is 15.9. The maximum absolute atomic E-state index is 12.7. The average Bonchev–Trinajstić information content (AvgIpc) is 3.00. The Morgan fingerprint density at radius 3 is 3.04 bits per heavy atom. The molecule has 6 heteroatoms. The predicted molar refractivity (Wildman–Crippen MR) is 102 cm³/mol. The summed E-state index contributed by atoms with van der Waals surface area (Å²) >= 11 is 1.80. The number of anilines is 1. The van der Waals surface area contributed by atoms with Crippen LogP contribution in [0, 0.1) is 12.8 Å². The molecule has 0 saturated carbocycles. The molecule has 0 radical (unpaired) electrons. The van der Waals surface area contributed by atoms with E-state index >= 15 is 0 Å². The largest absolute Gasteiger partial charge is 0.342 e. The highest BCUT2D eigenvalue weighted by Gasteiger charge is 2.24. The van der Waals surface area contributed by atoms with Gasteiger partial charge in [0, 0.05) is 44.0 Å². The first-order valence-electron chi connectivity index (χ1n) is 9.22. The highest BCUT2D eigenvalue weighted by molar-refractivity contribution is 7.10. The number of rotatable bonds is 3. The molecular formula is C19H26N4OS. The topological polar surface area (TPSA) is 52.2 Å². The fraction of sp³-hybridized carbons (Fsp3) is 0.579. The molecule has 0 bridgehead atoms. The van der Waals surface area contributed by atoms with Gasteiger partial charge in [0.25, 0.3) is 5.56 Å². The summed E-state index contributed by atoms with van der Waals surface area (Å²) in [5, 5.41) is 2.14. The van der Waals surface area contributed by atoms with Gasteiger partial charge in [-0.25, -0.2) is 4.98 Å². The normalized spacial score (nSPS) is 21.4. The highest BCUT2D eigenvalue weighted by atomic mass is 32.1. The SMILES string of the molecule is Cc1ccsc1CN1CCc2nc(N3CCC[C@H](C)C3)[nH]c(=O)c2C1. The second-order valence-corrected chi connectivity index (χ2v) is 8.50. The lowest BCUT2D eigenvalue weighted by atomic mass is 10.0. The molecule has 1 saturated heterocycles. The lowest BCUT2D eigenvalue weighted by molar-refractivity contribution is 0.243. The summed E-state index contributed by atoms with van der Waals surface area (Å²) in [6.07, 6.45) is 3.30. The molecule has 0 unspecified atom stereocenters. The van der Waals surface area contributed by atoms with E-state index in [1.165, 1.54) is 23.3 Å². The lowest BCUT2D eigenvalue weighted by Crippen LogP contribution is -2.39. The molecule has 4 rings (SSSR count). The molecule has 0 aliphatic carbocycles. The molecule has 134 valence electrons. The molecule has 2 aromatic heterocycles. The van der Waals surface area contributed by atoms with Crippen molar-refractivity contribution >= 4 is 17.3 Å². The summed E-state index contributed by atoms with van der Waals surface area (Å²) in [6, 6.07) is 2.16. The van der Waals surface area contributed by atoms with Gasteiger partial charge in [-0.15, -0.1) is 11.3 Å². The van der Waals surface area contributed by atoms with Crippen LogP contribution in [0.2, 0.25) is 0 Å². The minimum atomic E-state index is 0.0471. The molecule has 4 heterocycles. The number of aromatic nitrogens is 2. The Morgan fingerprint density at radius 1 is 1.40 bits per heavy atom. The Hall–Kier alpha value is -1.66. The summed E-state index contributed by atoms with van der Waals surface area (Å²) in [5.74, 6) is 1.44. The number of fused-ring (bicyclic) bond motifs is 1. The van der Waals surface area contributed by atoms with Crippen LogP contribution in [0.3, 0.4) is 0 Å². The molecule has 25 heavy (non-hydrogen) atoms.